The van der Waals surface area contributed by atoms with Gasteiger partial charge in [0.25, 0.3) is 0 Å². The Labute approximate surface area is 112 Å². The fourth-order valence-electron chi connectivity index (χ4n) is 1.74. The third-order valence-corrected chi connectivity index (χ3v) is 2.56. The van der Waals surface area contributed by atoms with Crippen molar-refractivity contribution in [3.63, 3.8) is 0 Å². The molecular formula is C15H27N3. The number of anilines is 1. The van der Waals surface area contributed by atoms with E-state index in [9.17, 15) is 0 Å². The number of benzene rings is 1. The van der Waals surface area contributed by atoms with Gasteiger partial charge < -0.3 is 15.5 Å². The maximum atomic E-state index is 3.46. The molecule has 0 saturated carbocycles. The Kier molecular flexibility index (Phi) is 5.63. The van der Waals surface area contributed by atoms with Gasteiger partial charge in [-0.15, -0.1) is 0 Å². The number of nitrogens with zero attached hydrogens (tertiary/aromatic N) is 1. The zero-order valence-electron chi connectivity index (χ0n) is 12.4. The molecule has 18 heavy (non-hydrogen) atoms. The minimum absolute atomic E-state index is 0.192. The Morgan fingerprint density at radius 2 is 1.61 bits per heavy atom. The van der Waals surface area contributed by atoms with Gasteiger partial charge in [-0.3, -0.25) is 0 Å². The molecule has 0 aliphatic carbocycles. The topological polar surface area (TPSA) is 27.3 Å². The lowest BCUT2D eigenvalue weighted by molar-refractivity contribution is 0.402. The van der Waals surface area contributed by atoms with Crippen LogP contribution in [-0.2, 0) is 6.54 Å². The van der Waals surface area contributed by atoms with Crippen LogP contribution < -0.4 is 10.6 Å². The van der Waals surface area contributed by atoms with Gasteiger partial charge in [0.05, 0.1) is 0 Å². The third-order valence-electron chi connectivity index (χ3n) is 2.56. The van der Waals surface area contributed by atoms with E-state index in [1.165, 1.54) is 11.3 Å². The van der Waals surface area contributed by atoms with Crippen molar-refractivity contribution < 1.29 is 0 Å². The van der Waals surface area contributed by atoms with Crippen LogP contribution in [0.5, 0.6) is 0 Å². The molecule has 3 nitrogen and oxygen atoms in total. The van der Waals surface area contributed by atoms with Gasteiger partial charge in [0.1, 0.15) is 0 Å². The molecule has 1 rings (SSSR count). The van der Waals surface area contributed by atoms with Gasteiger partial charge in [0.15, 0.2) is 0 Å². The van der Waals surface area contributed by atoms with Crippen LogP contribution in [0.2, 0.25) is 0 Å². The maximum absolute atomic E-state index is 3.46. The van der Waals surface area contributed by atoms with Crippen molar-refractivity contribution in [3.8, 4) is 0 Å². The van der Waals surface area contributed by atoms with E-state index in [0.29, 0.717) is 0 Å². The Bertz CT molecular complexity index is 336. The fraction of sp³-hybridized carbons (Fsp3) is 0.600. The van der Waals surface area contributed by atoms with Crippen molar-refractivity contribution in [1.82, 2.24) is 10.2 Å². The molecule has 0 aliphatic heterocycles. The molecule has 0 radical (unpaired) electrons. The van der Waals surface area contributed by atoms with Crippen LogP contribution in [0.3, 0.4) is 0 Å². The van der Waals surface area contributed by atoms with Gasteiger partial charge >= 0.3 is 0 Å². The SMILES string of the molecule is CN(C)Cc1ccc(NCCNC(C)(C)C)cc1. The lowest BCUT2D eigenvalue weighted by Crippen LogP contribution is -2.38. The van der Waals surface area contributed by atoms with Gasteiger partial charge in [-0.1, -0.05) is 12.1 Å². The maximum Gasteiger partial charge on any atom is 0.0340 e. The van der Waals surface area contributed by atoms with Crippen LogP contribution in [0.4, 0.5) is 5.69 Å². The molecule has 0 heterocycles. The summed E-state index contributed by atoms with van der Waals surface area (Å²) in [4.78, 5) is 2.18. The lowest BCUT2D eigenvalue weighted by Gasteiger charge is -2.20. The first kappa shape index (κ1) is 15.0. The van der Waals surface area contributed by atoms with E-state index < -0.39 is 0 Å². The van der Waals surface area contributed by atoms with E-state index in [-0.39, 0.29) is 5.54 Å². The molecule has 1 aromatic carbocycles. The van der Waals surface area contributed by atoms with Crippen LogP contribution in [0, 0.1) is 0 Å². The average Bonchev–Trinajstić information content (AvgIpc) is 2.24. The predicted molar refractivity (Wildman–Crippen MR) is 80.1 cm³/mol. The Hall–Kier alpha value is -1.06. The highest BCUT2D eigenvalue weighted by Gasteiger charge is 2.06. The van der Waals surface area contributed by atoms with E-state index in [2.05, 4.69) is 74.7 Å². The van der Waals surface area contributed by atoms with Crippen molar-refractivity contribution in [2.75, 3.05) is 32.5 Å². The van der Waals surface area contributed by atoms with E-state index in [1.807, 2.05) is 0 Å². The molecule has 0 amide bonds. The Balaban J connectivity index is 2.31. The summed E-state index contributed by atoms with van der Waals surface area (Å²) in [5.41, 5.74) is 2.73. The standard InChI is InChI=1S/C15H27N3/c1-15(2,3)17-11-10-16-14-8-6-13(7-9-14)12-18(4)5/h6-9,16-17H,10-12H2,1-5H3. The van der Waals surface area contributed by atoms with Crippen molar-refractivity contribution in [3.05, 3.63) is 29.8 Å². The summed E-state index contributed by atoms with van der Waals surface area (Å²) in [5, 5.41) is 6.88. The van der Waals surface area contributed by atoms with Gasteiger partial charge in [-0.2, -0.15) is 0 Å². The first-order valence-corrected chi connectivity index (χ1v) is 6.59. The minimum Gasteiger partial charge on any atom is -0.384 e. The second-order valence-electron chi connectivity index (χ2n) is 6.04. The molecule has 3 heteroatoms. The summed E-state index contributed by atoms with van der Waals surface area (Å²) >= 11 is 0. The third kappa shape index (κ3) is 6.62. The summed E-state index contributed by atoms with van der Waals surface area (Å²) in [6, 6.07) is 8.66. The molecule has 0 aromatic heterocycles. The second kappa shape index (κ2) is 6.76. The van der Waals surface area contributed by atoms with E-state index in [4.69, 9.17) is 0 Å². The Morgan fingerprint density at radius 3 is 2.11 bits per heavy atom. The highest BCUT2D eigenvalue weighted by molar-refractivity contribution is 5.44. The van der Waals surface area contributed by atoms with E-state index in [0.717, 1.165) is 19.6 Å². The summed E-state index contributed by atoms with van der Waals surface area (Å²) < 4.78 is 0. The first-order chi connectivity index (χ1) is 8.37. The van der Waals surface area contributed by atoms with Gasteiger partial charge in [0.2, 0.25) is 0 Å². The molecule has 0 atom stereocenters. The number of hydrogen-bond donors (Lipinski definition) is 2. The van der Waals surface area contributed by atoms with Gasteiger partial charge in [-0.05, 0) is 52.6 Å². The number of rotatable bonds is 6. The van der Waals surface area contributed by atoms with Crippen LogP contribution in [0.15, 0.2) is 24.3 Å². The zero-order valence-corrected chi connectivity index (χ0v) is 12.4. The highest BCUT2D eigenvalue weighted by atomic mass is 15.0. The summed E-state index contributed by atoms with van der Waals surface area (Å²) in [6.45, 7) is 9.47. The summed E-state index contributed by atoms with van der Waals surface area (Å²) in [6.07, 6.45) is 0. The molecule has 0 spiro atoms. The molecule has 1 aromatic rings. The minimum atomic E-state index is 0.192. The largest absolute Gasteiger partial charge is 0.384 e. The average molecular weight is 249 g/mol. The molecule has 0 fully saturated rings. The first-order valence-electron chi connectivity index (χ1n) is 6.59. The second-order valence-corrected chi connectivity index (χ2v) is 6.04. The van der Waals surface area contributed by atoms with Gasteiger partial charge in [-0.25, -0.2) is 0 Å². The van der Waals surface area contributed by atoms with E-state index >= 15 is 0 Å². The van der Waals surface area contributed by atoms with E-state index in [1.54, 1.807) is 0 Å². The quantitative estimate of drug-likeness (QED) is 0.759. The van der Waals surface area contributed by atoms with Crippen molar-refractivity contribution in [2.45, 2.75) is 32.9 Å². The monoisotopic (exact) mass is 249 g/mol. The molecule has 0 aliphatic rings. The smallest absolute Gasteiger partial charge is 0.0340 e. The predicted octanol–water partition coefficient (Wildman–Crippen LogP) is 2.55. The number of hydrogen-bond acceptors (Lipinski definition) is 3. The Morgan fingerprint density at radius 1 is 1.00 bits per heavy atom. The fourth-order valence-corrected chi connectivity index (χ4v) is 1.74. The molecule has 0 saturated heterocycles. The molecule has 0 bridgehead atoms. The molecule has 2 N–H and O–H groups in total. The molecule has 102 valence electrons. The normalized spacial score (nSPS) is 11.9. The zero-order chi connectivity index (χ0) is 13.6. The van der Waals surface area contributed by atoms with Gasteiger partial charge in [0, 0.05) is 30.9 Å². The number of nitrogens with one attached hydrogen (secondary N) is 2. The molecule has 0 unspecified atom stereocenters. The van der Waals surface area contributed by atoms with Crippen LogP contribution in [-0.4, -0.2) is 37.6 Å². The van der Waals surface area contributed by atoms with Crippen LogP contribution in [0.25, 0.3) is 0 Å². The van der Waals surface area contributed by atoms with Crippen LogP contribution in [0.1, 0.15) is 26.3 Å². The van der Waals surface area contributed by atoms with Crippen molar-refractivity contribution in [2.24, 2.45) is 0 Å². The summed E-state index contributed by atoms with van der Waals surface area (Å²) in [5.74, 6) is 0. The highest BCUT2D eigenvalue weighted by Crippen LogP contribution is 2.10. The van der Waals surface area contributed by atoms with Crippen molar-refractivity contribution >= 4 is 5.69 Å². The van der Waals surface area contributed by atoms with Crippen molar-refractivity contribution in [1.29, 1.82) is 0 Å². The molecular weight excluding hydrogens is 222 g/mol. The van der Waals surface area contributed by atoms with Crippen LogP contribution >= 0.6 is 0 Å². The summed E-state index contributed by atoms with van der Waals surface area (Å²) in [7, 11) is 4.18. The lowest BCUT2D eigenvalue weighted by atomic mass is 10.1.